The van der Waals surface area contributed by atoms with Gasteiger partial charge in [0.05, 0.1) is 0 Å². The van der Waals surface area contributed by atoms with E-state index in [0.717, 1.165) is 28.3 Å². The lowest BCUT2D eigenvalue weighted by atomic mass is 10.1. The Labute approximate surface area is 175 Å². The van der Waals surface area contributed by atoms with Crippen molar-refractivity contribution in [3.63, 3.8) is 0 Å². The van der Waals surface area contributed by atoms with Crippen molar-refractivity contribution in [1.82, 2.24) is 0 Å². The second-order valence-corrected chi connectivity index (χ2v) is 7.77. The van der Waals surface area contributed by atoms with Crippen LogP contribution in [0.15, 0.2) is 89.8 Å². The lowest BCUT2D eigenvalue weighted by molar-refractivity contribution is -0.116. The third-order valence-electron chi connectivity index (χ3n) is 4.23. The fourth-order valence-corrected chi connectivity index (χ4v) is 3.95. The Balaban J connectivity index is 1.80. The lowest BCUT2D eigenvalue weighted by Gasteiger charge is -2.17. The van der Waals surface area contributed by atoms with Gasteiger partial charge in [-0.15, -0.1) is 11.8 Å². The molecule has 0 radical (unpaired) electrons. The number of thioether (sulfide) groups is 1. The minimum Gasteiger partial charge on any atom is -0.326 e. The van der Waals surface area contributed by atoms with E-state index >= 15 is 0 Å². The van der Waals surface area contributed by atoms with Crippen molar-refractivity contribution < 1.29 is 9.59 Å². The zero-order chi connectivity index (χ0) is 20.5. The van der Waals surface area contributed by atoms with Gasteiger partial charge in [0, 0.05) is 22.7 Å². The van der Waals surface area contributed by atoms with Gasteiger partial charge in [-0.05, 0) is 42.3 Å². The predicted octanol–water partition coefficient (Wildman–Crippen LogP) is 5.90. The van der Waals surface area contributed by atoms with E-state index in [1.165, 1.54) is 11.8 Å². The van der Waals surface area contributed by atoms with E-state index < -0.39 is 5.25 Å². The molecule has 0 saturated carbocycles. The Morgan fingerprint density at radius 3 is 2.17 bits per heavy atom. The van der Waals surface area contributed by atoms with Crippen molar-refractivity contribution in [2.45, 2.75) is 29.9 Å². The fourth-order valence-electron chi connectivity index (χ4n) is 2.86. The van der Waals surface area contributed by atoms with Crippen molar-refractivity contribution >= 4 is 35.0 Å². The summed E-state index contributed by atoms with van der Waals surface area (Å²) in [5.41, 5.74) is 2.43. The molecule has 0 aliphatic heterocycles. The van der Waals surface area contributed by atoms with Crippen molar-refractivity contribution in [3.05, 3.63) is 90.5 Å². The van der Waals surface area contributed by atoms with Gasteiger partial charge < -0.3 is 10.6 Å². The summed E-state index contributed by atoms with van der Waals surface area (Å²) in [6, 6.07) is 26.7. The highest BCUT2D eigenvalue weighted by atomic mass is 32.2. The van der Waals surface area contributed by atoms with Crippen LogP contribution in [0, 0.1) is 0 Å². The maximum Gasteiger partial charge on any atom is 0.242 e. The summed E-state index contributed by atoms with van der Waals surface area (Å²) >= 11 is 1.46. The monoisotopic (exact) mass is 404 g/mol. The molecular weight excluding hydrogens is 380 g/mol. The number of carbonyl (C=O) groups is 2. The molecule has 3 aromatic carbocycles. The first-order valence-electron chi connectivity index (χ1n) is 9.63. The number of benzene rings is 3. The fraction of sp³-hybridized carbons (Fsp3) is 0.167. The summed E-state index contributed by atoms with van der Waals surface area (Å²) in [7, 11) is 0. The van der Waals surface area contributed by atoms with Crippen LogP contribution in [0.4, 0.5) is 11.4 Å². The van der Waals surface area contributed by atoms with Crippen LogP contribution < -0.4 is 10.6 Å². The zero-order valence-corrected chi connectivity index (χ0v) is 17.1. The van der Waals surface area contributed by atoms with Crippen LogP contribution in [0.25, 0.3) is 0 Å². The molecule has 2 amide bonds. The molecule has 29 heavy (non-hydrogen) atoms. The van der Waals surface area contributed by atoms with E-state index in [1.807, 2.05) is 91.9 Å². The van der Waals surface area contributed by atoms with E-state index in [2.05, 4.69) is 10.6 Å². The average molecular weight is 405 g/mol. The first-order chi connectivity index (χ1) is 14.2. The largest absolute Gasteiger partial charge is 0.326 e. The molecule has 0 aliphatic rings. The summed E-state index contributed by atoms with van der Waals surface area (Å²) in [5.74, 6) is -0.0936. The van der Waals surface area contributed by atoms with Gasteiger partial charge in [-0.25, -0.2) is 0 Å². The van der Waals surface area contributed by atoms with Crippen molar-refractivity contribution in [2.75, 3.05) is 10.6 Å². The van der Waals surface area contributed by atoms with Crippen LogP contribution >= 0.6 is 11.8 Å². The van der Waals surface area contributed by atoms with Crippen LogP contribution in [0.1, 0.15) is 30.6 Å². The zero-order valence-electron chi connectivity index (χ0n) is 16.3. The van der Waals surface area contributed by atoms with Crippen LogP contribution in [0.2, 0.25) is 0 Å². The molecule has 3 rings (SSSR count). The number of nitrogens with one attached hydrogen (secondary N) is 2. The van der Waals surface area contributed by atoms with Gasteiger partial charge >= 0.3 is 0 Å². The third kappa shape index (κ3) is 6.22. The van der Waals surface area contributed by atoms with Crippen molar-refractivity contribution in [2.24, 2.45) is 0 Å². The van der Waals surface area contributed by atoms with Crippen LogP contribution in [0.3, 0.4) is 0 Å². The first-order valence-corrected chi connectivity index (χ1v) is 10.5. The van der Waals surface area contributed by atoms with E-state index in [9.17, 15) is 9.59 Å². The quantitative estimate of drug-likeness (QED) is 0.460. The number of carbonyl (C=O) groups excluding carboxylic acids is 2. The van der Waals surface area contributed by atoms with Gasteiger partial charge in [-0.3, -0.25) is 9.59 Å². The molecule has 2 N–H and O–H groups in total. The van der Waals surface area contributed by atoms with Gasteiger partial charge in [0.15, 0.2) is 0 Å². The normalized spacial score (nSPS) is 11.5. The second kappa shape index (κ2) is 10.5. The second-order valence-electron chi connectivity index (χ2n) is 6.59. The smallest absolute Gasteiger partial charge is 0.242 e. The molecule has 1 unspecified atom stereocenters. The molecule has 0 aromatic heterocycles. The summed E-state index contributed by atoms with van der Waals surface area (Å²) in [6.45, 7) is 1.97. The number of amides is 2. The van der Waals surface area contributed by atoms with E-state index in [0.29, 0.717) is 6.42 Å². The molecular formula is C24H24N2O2S. The summed E-state index contributed by atoms with van der Waals surface area (Å²) in [4.78, 5) is 25.9. The molecule has 0 saturated heterocycles. The number of anilines is 2. The Hall–Kier alpha value is -3.05. The van der Waals surface area contributed by atoms with Crippen LogP contribution in [-0.4, -0.2) is 11.8 Å². The molecule has 0 bridgehead atoms. The molecule has 4 nitrogen and oxygen atoms in total. The first kappa shape index (κ1) is 20.7. The van der Waals surface area contributed by atoms with E-state index in [1.54, 1.807) is 0 Å². The summed E-state index contributed by atoms with van der Waals surface area (Å²) in [6.07, 6.45) is 1.29. The van der Waals surface area contributed by atoms with Gasteiger partial charge in [0.1, 0.15) is 5.25 Å². The van der Waals surface area contributed by atoms with Gasteiger partial charge in [0.25, 0.3) is 0 Å². The number of rotatable bonds is 8. The highest BCUT2D eigenvalue weighted by Crippen LogP contribution is 2.37. The average Bonchev–Trinajstić information content (AvgIpc) is 2.74. The Kier molecular flexibility index (Phi) is 7.47. The highest BCUT2D eigenvalue weighted by Gasteiger charge is 2.22. The number of hydrogen-bond acceptors (Lipinski definition) is 3. The number of para-hydroxylation sites is 1. The molecule has 0 spiro atoms. The topological polar surface area (TPSA) is 58.2 Å². The van der Waals surface area contributed by atoms with Crippen LogP contribution in [-0.2, 0) is 9.59 Å². The highest BCUT2D eigenvalue weighted by molar-refractivity contribution is 8.00. The van der Waals surface area contributed by atoms with Crippen molar-refractivity contribution in [1.29, 1.82) is 0 Å². The molecule has 0 fully saturated rings. The van der Waals surface area contributed by atoms with Gasteiger partial charge in [0.2, 0.25) is 11.8 Å². The van der Waals surface area contributed by atoms with Crippen molar-refractivity contribution in [3.8, 4) is 0 Å². The minimum atomic E-state index is -0.419. The Bertz CT molecular complexity index is 945. The van der Waals surface area contributed by atoms with Crippen LogP contribution in [0.5, 0.6) is 0 Å². The SMILES string of the molecule is CCCC(=O)Nc1cccc(SC(C(=O)Nc2ccccc2)c2ccccc2)c1. The van der Waals surface area contributed by atoms with E-state index in [4.69, 9.17) is 0 Å². The summed E-state index contributed by atoms with van der Waals surface area (Å²) < 4.78 is 0. The molecule has 5 heteroatoms. The molecule has 0 heterocycles. The van der Waals surface area contributed by atoms with Gasteiger partial charge in [-0.2, -0.15) is 0 Å². The molecule has 0 aliphatic carbocycles. The van der Waals surface area contributed by atoms with Gasteiger partial charge in [-0.1, -0.05) is 61.5 Å². The maximum absolute atomic E-state index is 13.1. The lowest BCUT2D eigenvalue weighted by Crippen LogP contribution is -2.19. The minimum absolute atomic E-state index is 0.00363. The van der Waals surface area contributed by atoms with E-state index in [-0.39, 0.29) is 11.8 Å². The molecule has 148 valence electrons. The molecule has 3 aromatic rings. The molecule has 1 atom stereocenters. The number of hydrogen-bond donors (Lipinski definition) is 2. The predicted molar refractivity (Wildman–Crippen MR) is 120 cm³/mol. The Morgan fingerprint density at radius 2 is 1.48 bits per heavy atom. The maximum atomic E-state index is 13.1. The standard InChI is InChI=1S/C24H24N2O2S/c1-2-10-22(27)25-20-15-9-16-21(17-20)29-23(18-11-5-3-6-12-18)24(28)26-19-13-7-4-8-14-19/h3-9,11-17,23H,2,10H2,1H3,(H,25,27)(H,26,28). The summed E-state index contributed by atoms with van der Waals surface area (Å²) in [5, 5.41) is 5.49. The Morgan fingerprint density at radius 1 is 0.828 bits per heavy atom. The third-order valence-corrected chi connectivity index (χ3v) is 5.48.